The smallest absolute Gasteiger partial charge is 0.159 e. The van der Waals surface area contributed by atoms with E-state index in [1.54, 1.807) is 6.20 Å². The Balaban J connectivity index is 2.62. The van der Waals surface area contributed by atoms with Crippen LogP contribution in [0.1, 0.15) is 11.4 Å². The van der Waals surface area contributed by atoms with Crippen molar-refractivity contribution in [1.29, 1.82) is 0 Å². The van der Waals surface area contributed by atoms with Gasteiger partial charge in [-0.2, -0.15) is 0 Å². The first-order chi connectivity index (χ1) is 7.88. The average Bonchev–Trinajstić information content (AvgIpc) is 2.69. The maximum atomic E-state index is 6.26. The zero-order chi connectivity index (χ0) is 12.6. The van der Waals surface area contributed by atoms with Crippen LogP contribution in [0.3, 0.4) is 0 Å². The first-order valence-electron chi connectivity index (χ1n) is 5.41. The fraction of sp³-hybridized carbons (Fsp3) is 0.333. The third-order valence-electron chi connectivity index (χ3n) is 2.21. The quantitative estimate of drug-likeness (QED) is 0.540. The number of rotatable bonds is 0. The second kappa shape index (κ2) is 4.17. The maximum absolute atomic E-state index is 6.26. The van der Waals surface area contributed by atoms with Crippen molar-refractivity contribution < 1.29 is 0 Å². The zero-order valence-corrected chi connectivity index (χ0v) is 12.1. The van der Waals surface area contributed by atoms with E-state index in [9.17, 15) is 0 Å². The highest BCUT2D eigenvalue weighted by Gasteiger charge is 2.11. The third-order valence-corrected chi connectivity index (χ3v) is 3.44. The van der Waals surface area contributed by atoms with Gasteiger partial charge in [0.2, 0.25) is 0 Å². The van der Waals surface area contributed by atoms with Gasteiger partial charge in [-0.05, 0) is 6.92 Å². The second-order valence-corrected chi connectivity index (χ2v) is 10.1. The van der Waals surface area contributed by atoms with Crippen molar-refractivity contribution >= 4 is 25.3 Å². The molecular weight excluding hydrogens is 250 g/mol. The lowest BCUT2D eigenvalue weighted by molar-refractivity contribution is 1.06. The van der Waals surface area contributed by atoms with Gasteiger partial charge in [-0.25, -0.2) is 9.97 Å². The molecule has 0 bridgehead atoms. The Kier molecular flexibility index (Phi) is 2.98. The van der Waals surface area contributed by atoms with Crippen molar-refractivity contribution in [2.24, 2.45) is 0 Å². The van der Waals surface area contributed by atoms with Gasteiger partial charge in [0, 0.05) is 12.4 Å². The van der Waals surface area contributed by atoms with Crippen LogP contribution in [0.25, 0.3) is 5.65 Å². The molecule has 3 nitrogen and oxygen atoms in total. The van der Waals surface area contributed by atoms with Gasteiger partial charge in [0.25, 0.3) is 0 Å². The summed E-state index contributed by atoms with van der Waals surface area (Å²) in [5, 5.41) is 0.536. The zero-order valence-electron chi connectivity index (χ0n) is 10.4. The van der Waals surface area contributed by atoms with Crippen LogP contribution < -0.4 is 0 Å². The molecule has 0 unspecified atom stereocenters. The minimum absolute atomic E-state index is 0.536. The Bertz CT molecular complexity index is 629. The van der Waals surface area contributed by atoms with Gasteiger partial charge < -0.3 is 0 Å². The molecule has 2 aromatic rings. The molecular formula is C12H14ClN3Si. The van der Waals surface area contributed by atoms with Crippen LogP contribution in [0.15, 0.2) is 12.4 Å². The van der Waals surface area contributed by atoms with E-state index < -0.39 is 8.07 Å². The molecule has 0 saturated heterocycles. The summed E-state index contributed by atoms with van der Waals surface area (Å²) >= 11 is 6.26. The van der Waals surface area contributed by atoms with E-state index in [0.717, 1.165) is 11.3 Å². The Morgan fingerprint density at radius 2 is 2.06 bits per heavy atom. The standard InChI is InChI=1S/C12H14ClN3Si/c1-9-12-14-6-7-16(12)11(13)10(15-9)5-8-17(2,3)4/h6-7H,1-4H3. The van der Waals surface area contributed by atoms with Crippen LogP contribution in [0.4, 0.5) is 0 Å². The van der Waals surface area contributed by atoms with E-state index in [1.165, 1.54) is 0 Å². The molecule has 5 heteroatoms. The Morgan fingerprint density at radius 3 is 2.71 bits per heavy atom. The molecule has 0 spiro atoms. The van der Waals surface area contributed by atoms with E-state index in [1.807, 2.05) is 17.5 Å². The van der Waals surface area contributed by atoms with Crippen LogP contribution in [0.2, 0.25) is 24.8 Å². The van der Waals surface area contributed by atoms with Crippen molar-refractivity contribution in [3.63, 3.8) is 0 Å². The highest BCUT2D eigenvalue weighted by atomic mass is 35.5. The van der Waals surface area contributed by atoms with Crippen molar-refractivity contribution in [1.82, 2.24) is 14.4 Å². The van der Waals surface area contributed by atoms with E-state index in [2.05, 4.69) is 41.1 Å². The molecule has 0 fully saturated rings. The molecule has 2 aromatic heterocycles. The van der Waals surface area contributed by atoms with E-state index >= 15 is 0 Å². The largest absolute Gasteiger partial charge is 0.286 e. The maximum Gasteiger partial charge on any atom is 0.159 e. The predicted octanol–water partition coefficient (Wildman–Crippen LogP) is 2.92. The topological polar surface area (TPSA) is 30.2 Å². The molecule has 0 aliphatic heterocycles. The van der Waals surface area contributed by atoms with Gasteiger partial charge in [0.1, 0.15) is 18.9 Å². The highest BCUT2D eigenvalue weighted by molar-refractivity contribution is 6.83. The fourth-order valence-electron chi connectivity index (χ4n) is 1.43. The van der Waals surface area contributed by atoms with Crippen molar-refractivity contribution in [3.05, 3.63) is 28.9 Å². The molecule has 0 aliphatic carbocycles. The van der Waals surface area contributed by atoms with Crippen LogP contribution >= 0.6 is 11.6 Å². The number of aromatic nitrogens is 3. The summed E-state index contributed by atoms with van der Waals surface area (Å²) in [6.07, 6.45) is 3.54. The first kappa shape index (κ1) is 12.2. The van der Waals surface area contributed by atoms with E-state index in [4.69, 9.17) is 11.6 Å². The van der Waals surface area contributed by atoms with Crippen LogP contribution in [-0.4, -0.2) is 22.4 Å². The molecule has 2 rings (SSSR count). The van der Waals surface area contributed by atoms with Gasteiger partial charge >= 0.3 is 0 Å². The van der Waals surface area contributed by atoms with Gasteiger partial charge in [0.15, 0.2) is 5.65 Å². The minimum Gasteiger partial charge on any atom is -0.286 e. The number of halogens is 1. The number of hydrogen-bond donors (Lipinski definition) is 0. The summed E-state index contributed by atoms with van der Waals surface area (Å²) in [4.78, 5) is 8.62. The lowest BCUT2D eigenvalue weighted by Crippen LogP contribution is -2.16. The number of imidazole rings is 1. The van der Waals surface area contributed by atoms with Crippen LogP contribution in [0.5, 0.6) is 0 Å². The lowest BCUT2D eigenvalue weighted by Gasteiger charge is -2.05. The number of fused-ring (bicyclic) bond motifs is 1. The van der Waals surface area contributed by atoms with Crippen LogP contribution in [0, 0.1) is 18.4 Å². The Hall–Kier alpha value is -1.31. The van der Waals surface area contributed by atoms with E-state index in [-0.39, 0.29) is 0 Å². The normalized spacial score (nSPS) is 11.4. The molecule has 0 aromatic carbocycles. The van der Waals surface area contributed by atoms with Crippen molar-refractivity contribution in [2.75, 3.05) is 0 Å². The Labute approximate surface area is 107 Å². The van der Waals surface area contributed by atoms with Crippen molar-refractivity contribution in [2.45, 2.75) is 26.6 Å². The SMILES string of the molecule is Cc1nc(C#C[Si](C)(C)C)c(Cl)n2ccnc12. The van der Waals surface area contributed by atoms with Gasteiger partial charge in [-0.3, -0.25) is 4.40 Å². The third kappa shape index (κ3) is 2.51. The fourth-order valence-corrected chi connectivity index (χ4v) is 2.15. The summed E-state index contributed by atoms with van der Waals surface area (Å²) in [6, 6.07) is 0. The second-order valence-electron chi connectivity index (χ2n) is 4.96. The lowest BCUT2D eigenvalue weighted by atomic mass is 10.4. The molecule has 2 heterocycles. The number of aryl methyl sites for hydroxylation is 1. The average molecular weight is 264 g/mol. The van der Waals surface area contributed by atoms with Crippen molar-refractivity contribution in [3.8, 4) is 11.5 Å². The van der Waals surface area contributed by atoms with E-state index in [0.29, 0.717) is 10.8 Å². The molecule has 0 atom stereocenters. The Morgan fingerprint density at radius 1 is 1.35 bits per heavy atom. The summed E-state index contributed by atoms with van der Waals surface area (Å²) in [7, 11) is -1.42. The molecule has 17 heavy (non-hydrogen) atoms. The molecule has 88 valence electrons. The summed E-state index contributed by atoms with van der Waals surface area (Å²) in [5.74, 6) is 3.10. The first-order valence-corrected chi connectivity index (χ1v) is 9.28. The minimum atomic E-state index is -1.42. The molecule has 0 amide bonds. The molecule has 0 N–H and O–H groups in total. The van der Waals surface area contributed by atoms with Gasteiger partial charge in [0.05, 0.1) is 5.69 Å². The molecule has 0 aliphatic rings. The predicted molar refractivity (Wildman–Crippen MR) is 73.0 cm³/mol. The number of nitrogens with zero attached hydrogens (tertiary/aromatic N) is 3. The monoisotopic (exact) mass is 263 g/mol. The summed E-state index contributed by atoms with van der Waals surface area (Å²) in [6.45, 7) is 8.49. The van der Waals surface area contributed by atoms with Gasteiger partial charge in [-0.15, -0.1) is 5.54 Å². The molecule has 0 radical (unpaired) electrons. The summed E-state index contributed by atoms with van der Waals surface area (Å²) in [5.41, 5.74) is 5.54. The molecule has 0 saturated carbocycles. The number of hydrogen-bond acceptors (Lipinski definition) is 2. The highest BCUT2D eigenvalue weighted by Crippen LogP contribution is 2.17. The summed E-state index contributed by atoms with van der Waals surface area (Å²) < 4.78 is 1.82. The van der Waals surface area contributed by atoms with Gasteiger partial charge in [-0.1, -0.05) is 37.2 Å². The van der Waals surface area contributed by atoms with Crippen LogP contribution in [-0.2, 0) is 0 Å².